The zero-order chi connectivity index (χ0) is 14.8. The fourth-order valence-corrected chi connectivity index (χ4v) is 2.20. The largest absolute Gasteiger partial charge is 0.475 e. The predicted octanol–water partition coefficient (Wildman–Crippen LogP) is 2.15. The minimum atomic E-state index is -1.05. The van der Waals surface area contributed by atoms with Crippen LogP contribution in [0.25, 0.3) is 11.0 Å². The number of nitrogens with one attached hydrogen (secondary N) is 1. The van der Waals surface area contributed by atoms with Crippen molar-refractivity contribution in [2.75, 3.05) is 0 Å². The first kappa shape index (κ1) is 13.4. The number of carboxylic acid groups (broad SMARTS) is 1. The zero-order valence-electron chi connectivity index (χ0n) is 11.5. The van der Waals surface area contributed by atoms with E-state index >= 15 is 0 Å². The molecule has 0 aliphatic heterocycles. The summed E-state index contributed by atoms with van der Waals surface area (Å²) in [6.07, 6.45) is 1.90. The van der Waals surface area contributed by atoms with Crippen LogP contribution in [0.5, 0.6) is 0 Å². The first-order valence-corrected chi connectivity index (χ1v) is 6.57. The lowest BCUT2D eigenvalue weighted by Crippen LogP contribution is -2.13. The van der Waals surface area contributed by atoms with Crippen molar-refractivity contribution in [3.05, 3.63) is 53.5 Å². The molecule has 6 nitrogen and oxygen atoms in total. The van der Waals surface area contributed by atoms with Gasteiger partial charge in [0.25, 0.3) is 0 Å². The maximum Gasteiger partial charge on any atom is 0.371 e. The molecular formula is C15H15N3O3. The van der Waals surface area contributed by atoms with Gasteiger partial charge in [0.15, 0.2) is 0 Å². The Balaban J connectivity index is 1.68. The summed E-state index contributed by atoms with van der Waals surface area (Å²) in [5.74, 6) is -1.09. The first-order chi connectivity index (χ1) is 10.1. The number of carboxylic acids is 1. The molecule has 2 aromatic heterocycles. The van der Waals surface area contributed by atoms with Crippen LogP contribution in [-0.4, -0.2) is 20.9 Å². The van der Waals surface area contributed by atoms with E-state index < -0.39 is 5.97 Å². The summed E-state index contributed by atoms with van der Waals surface area (Å²) in [6.45, 7) is 1.37. The van der Waals surface area contributed by atoms with Crippen molar-refractivity contribution >= 4 is 16.9 Å². The summed E-state index contributed by atoms with van der Waals surface area (Å²) in [5, 5.41) is 17.3. The summed E-state index contributed by atoms with van der Waals surface area (Å²) in [5.41, 5.74) is 2.63. The molecule has 0 amide bonds. The van der Waals surface area contributed by atoms with Gasteiger partial charge in [-0.05, 0) is 29.8 Å². The molecule has 0 saturated heterocycles. The molecule has 0 saturated carbocycles. The van der Waals surface area contributed by atoms with E-state index in [1.807, 2.05) is 31.4 Å². The van der Waals surface area contributed by atoms with E-state index in [9.17, 15) is 4.79 Å². The fourth-order valence-electron chi connectivity index (χ4n) is 2.20. The summed E-state index contributed by atoms with van der Waals surface area (Å²) in [6, 6.07) is 9.14. The highest BCUT2D eigenvalue weighted by Gasteiger charge is 2.10. The molecule has 1 aromatic carbocycles. The van der Waals surface area contributed by atoms with Gasteiger partial charge in [-0.25, -0.2) is 4.79 Å². The molecule has 0 aliphatic carbocycles. The second kappa shape index (κ2) is 5.41. The quantitative estimate of drug-likeness (QED) is 0.751. The SMILES string of the molecule is Cn1ccc(CNCc2ccc3oc(C(=O)O)cc3c2)n1. The van der Waals surface area contributed by atoms with Crippen molar-refractivity contribution < 1.29 is 14.3 Å². The van der Waals surface area contributed by atoms with Crippen LogP contribution in [0.3, 0.4) is 0 Å². The molecule has 2 N–H and O–H groups in total. The Morgan fingerprint density at radius 1 is 1.33 bits per heavy atom. The van der Waals surface area contributed by atoms with Gasteiger partial charge in [0, 0.05) is 31.7 Å². The molecule has 6 heteroatoms. The predicted molar refractivity (Wildman–Crippen MR) is 76.9 cm³/mol. The highest BCUT2D eigenvalue weighted by molar-refractivity contribution is 5.91. The molecule has 3 aromatic rings. The van der Waals surface area contributed by atoms with Gasteiger partial charge in [-0.15, -0.1) is 0 Å². The number of nitrogens with zero attached hydrogens (tertiary/aromatic N) is 2. The van der Waals surface area contributed by atoms with Gasteiger partial charge >= 0.3 is 5.97 Å². The highest BCUT2D eigenvalue weighted by Crippen LogP contribution is 2.20. The van der Waals surface area contributed by atoms with Crippen LogP contribution in [0.1, 0.15) is 21.8 Å². The molecular weight excluding hydrogens is 270 g/mol. The smallest absolute Gasteiger partial charge is 0.371 e. The maximum absolute atomic E-state index is 10.9. The van der Waals surface area contributed by atoms with Gasteiger partial charge < -0.3 is 14.8 Å². The minimum absolute atomic E-state index is 0.0383. The number of aromatic carboxylic acids is 1. The van der Waals surface area contributed by atoms with Crippen molar-refractivity contribution in [3.63, 3.8) is 0 Å². The molecule has 0 fully saturated rings. The lowest BCUT2D eigenvalue weighted by atomic mass is 10.1. The number of hydrogen-bond acceptors (Lipinski definition) is 4. The molecule has 0 atom stereocenters. The molecule has 0 unspecified atom stereocenters. The Labute approximate surface area is 121 Å². The summed E-state index contributed by atoms with van der Waals surface area (Å²) in [7, 11) is 1.89. The summed E-state index contributed by atoms with van der Waals surface area (Å²) >= 11 is 0. The van der Waals surface area contributed by atoms with Crippen LogP contribution in [0.15, 0.2) is 40.9 Å². The van der Waals surface area contributed by atoms with E-state index in [0.717, 1.165) is 16.6 Å². The molecule has 108 valence electrons. The van der Waals surface area contributed by atoms with Crippen LogP contribution in [-0.2, 0) is 20.1 Å². The van der Waals surface area contributed by atoms with Gasteiger partial charge in [-0.2, -0.15) is 5.10 Å². The average molecular weight is 285 g/mol. The van der Waals surface area contributed by atoms with E-state index in [0.29, 0.717) is 18.7 Å². The van der Waals surface area contributed by atoms with Gasteiger partial charge in [0.2, 0.25) is 5.76 Å². The number of hydrogen-bond donors (Lipinski definition) is 2. The van der Waals surface area contributed by atoms with E-state index in [1.54, 1.807) is 16.8 Å². The second-order valence-electron chi connectivity index (χ2n) is 4.87. The third-order valence-electron chi connectivity index (χ3n) is 3.20. The molecule has 0 bridgehead atoms. The van der Waals surface area contributed by atoms with Crippen molar-refractivity contribution in [2.45, 2.75) is 13.1 Å². The topological polar surface area (TPSA) is 80.3 Å². The van der Waals surface area contributed by atoms with Gasteiger partial charge in [-0.3, -0.25) is 4.68 Å². The van der Waals surface area contributed by atoms with Gasteiger partial charge in [-0.1, -0.05) is 6.07 Å². The van der Waals surface area contributed by atoms with E-state index in [1.165, 1.54) is 0 Å². The third-order valence-corrected chi connectivity index (χ3v) is 3.20. The zero-order valence-corrected chi connectivity index (χ0v) is 11.5. The van der Waals surface area contributed by atoms with E-state index in [2.05, 4.69) is 10.4 Å². The van der Waals surface area contributed by atoms with Crippen LogP contribution >= 0.6 is 0 Å². The molecule has 3 rings (SSSR count). The Bertz CT molecular complexity index is 788. The number of fused-ring (bicyclic) bond motifs is 1. The number of benzene rings is 1. The van der Waals surface area contributed by atoms with Crippen LogP contribution in [0.4, 0.5) is 0 Å². The number of furan rings is 1. The van der Waals surface area contributed by atoms with Crippen molar-refractivity contribution in [3.8, 4) is 0 Å². The average Bonchev–Trinajstić information content (AvgIpc) is 3.04. The van der Waals surface area contributed by atoms with E-state index in [-0.39, 0.29) is 5.76 Å². The Kier molecular flexibility index (Phi) is 3.45. The molecule has 0 radical (unpaired) electrons. The number of aryl methyl sites for hydroxylation is 1. The normalized spacial score (nSPS) is 11.1. The Morgan fingerprint density at radius 2 is 2.19 bits per heavy atom. The van der Waals surface area contributed by atoms with Crippen LogP contribution in [0.2, 0.25) is 0 Å². The standard InChI is InChI=1S/C15H15N3O3/c1-18-5-4-12(17-18)9-16-8-10-2-3-13-11(6-10)7-14(21-13)15(19)20/h2-7,16H,8-9H2,1H3,(H,19,20). The highest BCUT2D eigenvalue weighted by atomic mass is 16.4. The number of aromatic nitrogens is 2. The lowest BCUT2D eigenvalue weighted by Gasteiger charge is -2.03. The van der Waals surface area contributed by atoms with Gasteiger partial charge in [0.1, 0.15) is 5.58 Å². The summed E-state index contributed by atoms with van der Waals surface area (Å²) < 4.78 is 6.99. The molecule has 21 heavy (non-hydrogen) atoms. The summed E-state index contributed by atoms with van der Waals surface area (Å²) in [4.78, 5) is 10.9. The molecule has 0 spiro atoms. The lowest BCUT2D eigenvalue weighted by molar-refractivity contribution is 0.0665. The Hall–Kier alpha value is -2.60. The number of rotatable bonds is 5. The number of carbonyl (C=O) groups is 1. The van der Waals surface area contributed by atoms with Crippen LogP contribution < -0.4 is 5.32 Å². The van der Waals surface area contributed by atoms with Crippen LogP contribution in [0, 0.1) is 0 Å². The minimum Gasteiger partial charge on any atom is -0.475 e. The van der Waals surface area contributed by atoms with Gasteiger partial charge in [0.05, 0.1) is 5.69 Å². The monoisotopic (exact) mass is 285 g/mol. The molecule has 2 heterocycles. The fraction of sp³-hybridized carbons (Fsp3) is 0.200. The maximum atomic E-state index is 10.9. The third kappa shape index (κ3) is 2.95. The first-order valence-electron chi connectivity index (χ1n) is 6.57. The van der Waals surface area contributed by atoms with E-state index in [4.69, 9.17) is 9.52 Å². The molecule has 0 aliphatic rings. The second-order valence-corrected chi connectivity index (χ2v) is 4.87. The Morgan fingerprint density at radius 3 is 2.90 bits per heavy atom. The van der Waals surface area contributed by atoms with Crippen molar-refractivity contribution in [1.82, 2.24) is 15.1 Å². The van der Waals surface area contributed by atoms with Crippen molar-refractivity contribution in [2.24, 2.45) is 7.05 Å². The van der Waals surface area contributed by atoms with Crippen molar-refractivity contribution in [1.29, 1.82) is 0 Å².